The Morgan fingerprint density at radius 2 is 0.825 bits per heavy atom. The van der Waals surface area contributed by atoms with E-state index in [1.54, 1.807) is 0 Å². The van der Waals surface area contributed by atoms with Crippen molar-refractivity contribution in [1.29, 1.82) is 0 Å². The highest BCUT2D eigenvalue weighted by Gasteiger charge is 2.61. The quantitative estimate of drug-likeness (QED) is 0.159. The lowest BCUT2D eigenvalue weighted by Gasteiger charge is -2.51. The lowest BCUT2D eigenvalue weighted by Crippen LogP contribution is -2.62. The van der Waals surface area contributed by atoms with Crippen molar-refractivity contribution in [2.24, 2.45) is 0 Å². The molecule has 6 aliphatic rings. The minimum absolute atomic E-state index is 0.00286. The Morgan fingerprint density at radius 1 is 0.362 bits per heavy atom. The van der Waals surface area contributed by atoms with Gasteiger partial charge in [-0.2, -0.15) is 0 Å². The summed E-state index contributed by atoms with van der Waals surface area (Å²) >= 11 is 0. The molecule has 2 fully saturated rings. The summed E-state index contributed by atoms with van der Waals surface area (Å²) in [5, 5.41) is 0. The predicted octanol–water partition coefficient (Wildman–Crippen LogP) is 18.4. The highest BCUT2D eigenvalue weighted by Crippen LogP contribution is 2.64. The first-order valence-corrected chi connectivity index (χ1v) is 30.2. The standard InChI is InChI=1S/C75H81BN4/c1-69(2,3)50-30-34-53(35-31-50)77-64-39-36-54(79-62-28-19-17-26-57(62)72(10)40-21-22-42-74(72,79)12)46-60(64)76-59-45-52(71(7,8)9)33-38-65(59)78(61-37-32-51(70(4,5)6)44-56(61)49-24-15-14-16-25-49)67-48-55(47-66(77)68(67)76)80-63-29-20-18-27-58(63)73(11)41-23-43-75(73,80)13/h14-20,24-39,44-48H,21-23,40-43H2,1-13H3. The number of fused-ring (bicyclic) bond motifs is 10. The first-order valence-electron chi connectivity index (χ1n) is 30.2. The summed E-state index contributed by atoms with van der Waals surface area (Å²) in [4.78, 5) is 11.0. The highest BCUT2D eigenvalue weighted by atomic mass is 15.3. The smallest absolute Gasteiger partial charge is 0.252 e. The molecule has 4 heterocycles. The van der Waals surface area contributed by atoms with Crippen LogP contribution in [0.25, 0.3) is 11.1 Å². The van der Waals surface area contributed by atoms with Crippen molar-refractivity contribution in [3.63, 3.8) is 0 Å². The Hall–Kier alpha value is -6.98. The van der Waals surface area contributed by atoms with Crippen LogP contribution in [-0.2, 0) is 27.1 Å². The summed E-state index contributed by atoms with van der Waals surface area (Å²) < 4.78 is 0. The Kier molecular flexibility index (Phi) is 11.1. The number of hydrogen-bond acceptors (Lipinski definition) is 4. The summed E-state index contributed by atoms with van der Waals surface area (Å²) in [5.74, 6) is 0. The SMILES string of the molecule is CC(C)(C)c1ccc(N2c3ccc(N4c5ccccc5C5(C)CCCCC45C)cc3B3c4cc(C(C)(C)C)ccc4N(c4ccc(C(C)(C)C)cc4-c4ccccc4)c4cc(N5c6ccccc6C6(C)CCCC56C)cc2c43)cc1. The summed E-state index contributed by atoms with van der Waals surface area (Å²) in [5.41, 5.74) is 25.9. The molecule has 5 heteroatoms. The van der Waals surface area contributed by atoms with Crippen LogP contribution < -0.4 is 36.0 Å². The summed E-state index contributed by atoms with van der Waals surface area (Å²) in [7, 11) is 0. The zero-order chi connectivity index (χ0) is 55.7. The van der Waals surface area contributed by atoms with Gasteiger partial charge in [-0.15, -0.1) is 0 Å². The highest BCUT2D eigenvalue weighted by molar-refractivity contribution is 7.00. The third-order valence-electron chi connectivity index (χ3n) is 21.4. The number of benzene rings is 8. The van der Waals surface area contributed by atoms with Gasteiger partial charge in [0.15, 0.2) is 0 Å². The van der Waals surface area contributed by atoms with E-state index in [0.29, 0.717) is 0 Å². The molecule has 4 aliphatic heterocycles. The average molecular weight is 1050 g/mol. The number of anilines is 10. The number of hydrogen-bond donors (Lipinski definition) is 0. The topological polar surface area (TPSA) is 13.0 Å². The van der Waals surface area contributed by atoms with Gasteiger partial charge in [0.25, 0.3) is 6.71 Å². The summed E-state index contributed by atoms with van der Waals surface area (Å²) in [6, 6.07) is 67.3. The second-order valence-corrected chi connectivity index (χ2v) is 28.9. The lowest BCUT2D eigenvalue weighted by molar-refractivity contribution is 0.195. The molecule has 14 rings (SSSR count). The molecule has 2 aliphatic carbocycles. The third kappa shape index (κ3) is 7.13. The van der Waals surface area contributed by atoms with Gasteiger partial charge in [-0.05, 0) is 178 Å². The molecule has 4 nitrogen and oxygen atoms in total. The third-order valence-corrected chi connectivity index (χ3v) is 21.4. The normalized spacial score (nSPS) is 23.5. The molecule has 0 aromatic heterocycles. The Morgan fingerprint density at radius 3 is 1.45 bits per heavy atom. The molecule has 0 N–H and O–H groups in total. The lowest BCUT2D eigenvalue weighted by atomic mass is 9.33. The van der Waals surface area contributed by atoms with Gasteiger partial charge in [-0.1, -0.05) is 192 Å². The van der Waals surface area contributed by atoms with Crippen molar-refractivity contribution < 1.29 is 0 Å². The van der Waals surface area contributed by atoms with Gasteiger partial charge < -0.3 is 19.6 Å². The minimum Gasteiger partial charge on any atom is -0.334 e. The molecule has 4 atom stereocenters. The van der Waals surface area contributed by atoms with Crippen LogP contribution in [0, 0.1) is 0 Å². The number of rotatable bonds is 5. The molecule has 8 aromatic rings. The first kappa shape index (κ1) is 51.2. The van der Waals surface area contributed by atoms with Crippen LogP contribution in [0.1, 0.15) is 163 Å². The van der Waals surface area contributed by atoms with Gasteiger partial charge >= 0.3 is 0 Å². The van der Waals surface area contributed by atoms with Crippen LogP contribution in [-0.4, -0.2) is 17.8 Å². The largest absolute Gasteiger partial charge is 0.334 e. The maximum absolute atomic E-state index is 2.80. The second-order valence-electron chi connectivity index (χ2n) is 28.9. The van der Waals surface area contributed by atoms with Gasteiger partial charge in [0, 0.05) is 67.6 Å². The maximum Gasteiger partial charge on any atom is 0.252 e. The Bertz CT molecular complexity index is 3820. The minimum atomic E-state index is -0.129. The summed E-state index contributed by atoms with van der Waals surface area (Å²) in [6.07, 6.45) is 8.36. The van der Waals surface area contributed by atoms with E-state index in [1.807, 2.05) is 0 Å². The molecule has 0 saturated heterocycles. The molecule has 0 bridgehead atoms. The molecule has 0 radical (unpaired) electrons. The van der Waals surface area contributed by atoms with Gasteiger partial charge in [0.05, 0.1) is 16.8 Å². The molecule has 80 heavy (non-hydrogen) atoms. The monoisotopic (exact) mass is 1050 g/mol. The molecular formula is C75H81BN4. The van der Waals surface area contributed by atoms with E-state index in [-0.39, 0.29) is 44.9 Å². The van der Waals surface area contributed by atoms with Crippen LogP contribution in [0.4, 0.5) is 56.9 Å². The molecule has 8 aromatic carbocycles. The van der Waals surface area contributed by atoms with E-state index in [0.717, 1.165) is 12.8 Å². The fourth-order valence-corrected chi connectivity index (χ4v) is 16.4. The second kappa shape index (κ2) is 17.3. The van der Waals surface area contributed by atoms with E-state index < -0.39 is 0 Å². The van der Waals surface area contributed by atoms with E-state index in [9.17, 15) is 0 Å². The molecular weight excluding hydrogens is 968 g/mol. The van der Waals surface area contributed by atoms with Gasteiger partial charge in [0.2, 0.25) is 0 Å². The van der Waals surface area contributed by atoms with Crippen LogP contribution in [0.15, 0.2) is 170 Å². The number of nitrogens with zero attached hydrogens (tertiary/aromatic N) is 4. The van der Waals surface area contributed by atoms with E-state index in [4.69, 9.17) is 0 Å². The van der Waals surface area contributed by atoms with Crippen LogP contribution in [0.3, 0.4) is 0 Å². The van der Waals surface area contributed by atoms with Crippen LogP contribution in [0.2, 0.25) is 0 Å². The molecule has 2 saturated carbocycles. The number of para-hydroxylation sites is 2. The van der Waals surface area contributed by atoms with Gasteiger partial charge in [-0.3, -0.25) is 0 Å². The van der Waals surface area contributed by atoms with E-state index in [2.05, 4.69) is 279 Å². The van der Waals surface area contributed by atoms with Crippen molar-refractivity contribution in [2.75, 3.05) is 19.6 Å². The average Bonchev–Trinajstić information content (AvgIpc) is 4.11. The van der Waals surface area contributed by atoms with Gasteiger partial charge in [-0.25, -0.2) is 0 Å². The van der Waals surface area contributed by atoms with E-state index in [1.165, 1.54) is 144 Å². The van der Waals surface area contributed by atoms with Crippen molar-refractivity contribution >= 4 is 80.0 Å². The maximum atomic E-state index is 2.80. The predicted molar refractivity (Wildman–Crippen MR) is 343 cm³/mol. The fraction of sp³-hybridized carbons (Fsp3) is 0.360. The van der Waals surface area contributed by atoms with Crippen molar-refractivity contribution in [3.8, 4) is 11.1 Å². The zero-order valence-electron chi connectivity index (χ0n) is 50.0. The zero-order valence-corrected chi connectivity index (χ0v) is 50.0. The Labute approximate surface area is 479 Å². The molecule has 404 valence electrons. The summed E-state index contributed by atoms with van der Waals surface area (Å²) in [6.45, 7) is 31.4. The van der Waals surface area contributed by atoms with Crippen LogP contribution >= 0.6 is 0 Å². The fourth-order valence-electron chi connectivity index (χ4n) is 16.4. The van der Waals surface area contributed by atoms with Crippen molar-refractivity contribution in [3.05, 3.63) is 198 Å². The molecule has 0 amide bonds. The first-order chi connectivity index (χ1) is 38.0. The van der Waals surface area contributed by atoms with Crippen molar-refractivity contribution in [1.82, 2.24) is 0 Å². The molecule has 4 unspecified atom stereocenters. The Balaban J connectivity index is 1.11. The van der Waals surface area contributed by atoms with Crippen LogP contribution in [0.5, 0.6) is 0 Å². The van der Waals surface area contributed by atoms with E-state index >= 15 is 0 Å². The molecule has 0 spiro atoms. The van der Waals surface area contributed by atoms with Gasteiger partial charge in [0.1, 0.15) is 0 Å². The van der Waals surface area contributed by atoms with Crippen molar-refractivity contribution in [2.45, 2.75) is 173 Å².